The van der Waals surface area contributed by atoms with E-state index in [9.17, 15) is 15.4 Å². The molecule has 1 aliphatic rings. The molecule has 0 aliphatic carbocycles. The fourth-order valence-electron chi connectivity index (χ4n) is 2.94. The van der Waals surface area contributed by atoms with E-state index in [2.05, 4.69) is 0 Å². The first-order valence-corrected chi connectivity index (χ1v) is 7.02. The Bertz CT molecular complexity index is 580. The summed E-state index contributed by atoms with van der Waals surface area (Å²) in [4.78, 5) is 0. The second kappa shape index (κ2) is 5.20. The Morgan fingerprint density at radius 3 is 2.10 bits per heavy atom. The van der Waals surface area contributed by atoms with Gasteiger partial charge in [0.25, 0.3) is 0 Å². The van der Waals surface area contributed by atoms with Crippen LogP contribution in [0.2, 0.25) is 0 Å². The molecule has 1 aromatic carbocycles. The lowest BCUT2D eigenvalue weighted by atomic mass is 9.82. The second-order valence-electron chi connectivity index (χ2n) is 6.79. The third-order valence-corrected chi connectivity index (χ3v) is 3.71. The fraction of sp³-hybridized carbons (Fsp3) is 0.412. The van der Waals surface area contributed by atoms with Crippen LogP contribution in [0.25, 0.3) is 6.08 Å². The van der Waals surface area contributed by atoms with E-state index in [4.69, 9.17) is 0 Å². The van der Waals surface area contributed by atoms with Gasteiger partial charge in [-0.15, -0.1) is 0 Å². The Kier molecular flexibility index (Phi) is 3.87. The van der Waals surface area contributed by atoms with Crippen molar-refractivity contribution in [3.8, 4) is 11.5 Å². The number of rotatable bonds is 2. The van der Waals surface area contributed by atoms with Crippen LogP contribution in [0.3, 0.4) is 0 Å². The van der Waals surface area contributed by atoms with Gasteiger partial charge in [-0.2, -0.15) is 5.06 Å². The molecule has 4 nitrogen and oxygen atoms in total. The Labute approximate surface area is 125 Å². The summed E-state index contributed by atoms with van der Waals surface area (Å²) in [5, 5.41) is 30.6. The Balaban J connectivity index is 2.28. The summed E-state index contributed by atoms with van der Waals surface area (Å²) in [7, 11) is 0. The summed E-state index contributed by atoms with van der Waals surface area (Å²) in [5.41, 5.74) is 1.05. The van der Waals surface area contributed by atoms with E-state index in [1.54, 1.807) is 12.1 Å². The molecule has 0 unspecified atom stereocenters. The molecule has 0 saturated heterocycles. The second-order valence-corrected chi connectivity index (χ2v) is 6.79. The Morgan fingerprint density at radius 2 is 1.57 bits per heavy atom. The van der Waals surface area contributed by atoms with Crippen molar-refractivity contribution in [2.45, 2.75) is 45.2 Å². The monoisotopic (exact) mass is 289 g/mol. The van der Waals surface area contributed by atoms with E-state index in [0.717, 1.165) is 11.1 Å². The lowest BCUT2D eigenvalue weighted by Crippen LogP contribution is -2.55. The smallest absolute Gasteiger partial charge is 0.119 e. The zero-order valence-corrected chi connectivity index (χ0v) is 13.0. The first kappa shape index (κ1) is 15.6. The number of allylic oxidation sites excluding steroid dienone is 1. The van der Waals surface area contributed by atoms with Gasteiger partial charge in [0, 0.05) is 11.6 Å². The largest absolute Gasteiger partial charge is 0.508 e. The third-order valence-electron chi connectivity index (χ3n) is 3.71. The van der Waals surface area contributed by atoms with Crippen LogP contribution in [0.1, 0.15) is 39.7 Å². The van der Waals surface area contributed by atoms with E-state index in [1.165, 1.54) is 11.1 Å². The lowest BCUT2D eigenvalue weighted by molar-refractivity contribution is -0.213. The van der Waals surface area contributed by atoms with E-state index >= 15 is 0 Å². The van der Waals surface area contributed by atoms with E-state index in [1.807, 2.05) is 45.9 Å². The number of benzene rings is 1. The van der Waals surface area contributed by atoms with Crippen LogP contribution in [0, 0.1) is 0 Å². The molecule has 0 aromatic heterocycles. The summed E-state index contributed by atoms with van der Waals surface area (Å²) in [6, 6.07) is 4.48. The minimum atomic E-state index is -0.442. The average molecular weight is 289 g/mol. The third kappa shape index (κ3) is 3.46. The maximum absolute atomic E-state index is 10.2. The van der Waals surface area contributed by atoms with Crippen molar-refractivity contribution in [2.75, 3.05) is 0 Å². The van der Waals surface area contributed by atoms with Crippen LogP contribution in [0.15, 0.2) is 35.9 Å². The lowest BCUT2D eigenvalue weighted by Gasteiger charge is -2.46. The molecule has 0 radical (unpaired) electrons. The molecule has 0 atom stereocenters. The minimum absolute atomic E-state index is 0.0365. The van der Waals surface area contributed by atoms with E-state index in [-0.39, 0.29) is 17.0 Å². The molecule has 1 aromatic rings. The molecule has 1 heterocycles. The van der Waals surface area contributed by atoms with E-state index < -0.39 is 5.54 Å². The van der Waals surface area contributed by atoms with Gasteiger partial charge in [-0.25, -0.2) is 0 Å². The highest BCUT2D eigenvalue weighted by Crippen LogP contribution is 2.36. The van der Waals surface area contributed by atoms with Gasteiger partial charge < -0.3 is 15.4 Å². The number of hydrogen-bond donors (Lipinski definition) is 3. The van der Waals surface area contributed by atoms with Gasteiger partial charge in [-0.1, -0.05) is 18.2 Å². The summed E-state index contributed by atoms with van der Waals surface area (Å²) in [5.74, 6) is 0.0731. The number of nitrogens with zero attached hydrogens (tertiary/aromatic N) is 1. The molecule has 0 saturated carbocycles. The van der Waals surface area contributed by atoms with Gasteiger partial charge in [0.1, 0.15) is 11.5 Å². The number of hydrogen-bond acceptors (Lipinski definition) is 4. The first-order chi connectivity index (χ1) is 9.60. The maximum atomic E-state index is 10.2. The van der Waals surface area contributed by atoms with Crippen molar-refractivity contribution in [2.24, 2.45) is 0 Å². The van der Waals surface area contributed by atoms with Crippen LogP contribution >= 0.6 is 0 Å². The molecular weight excluding hydrogens is 266 g/mol. The molecule has 0 fully saturated rings. The molecule has 0 bridgehead atoms. The minimum Gasteiger partial charge on any atom is -0.508 e. The van der Waals surface area contributed by atoms with Crippen LogP contribution in [0.4, 0.5) is 0 Å². The SMILES string of the molecule is CC1(C)C=C(/C=C/c2cc(O)cc(O)c2)CC(C)(C)N1O. The number of hydroxylamine groups is 2. The summed E-state index contributed by atoms with van der Waals surface area (Å²) in [6.07, 6.45) is 6.56. The molecule has 114 valence electrons. The summed E-state index contributed by atoms with van der Waals surface area (Å²) >= 11 is 0. The maximum Gasteiger partial charge on any atom is 0.119 e. The van der Waals surface area contributed by atoms with Crippen LogP contribution in [-0.4, -0.2) is 31.6 Å². The van der Waals surface area contributed by atoms with Crippen molar-refractivity contribution in [3.05, 3.63) is 41.5 Å². The highest BCUT2D eigenvalue weighted by atomic mass is 16.5. The van der Waals surface area contributed by atoms with Gasteiger partial charge >= 0.3 is 0 Å². The van der Waals surface area contributed by atoms with Crippen LogP contribution in [-0.2, 0) is 0 Å². The van der Waals surface area contributed by atoms with Gasteiger partial charge in [0.05, 0.1) is 5.54 Å². The standard InChI is InChI=1S/C17H23NO3/c1-16(2)10-13(11-17(3,4)18(16)21)6-5-12-7-14(19)9-15(20)8-12/h5-10,19-21H,11H2,1-4H3/b6-5+. The normalized spacial score (nSPS) is 21.5. The van der Waals surface area contributed by atoms with Gasteiger partial charge in [0.15, 0.2) is 0 Å². The Hall–Kier alpha value is -1.78. The molecule has 0 amide bonds. The van der Waals surface area contributed by atoms with Crippen LogP contribution < -0.4 is 0 Å². The molecule has 0 spiro atoms. The zero-order valence-electron chi connectivity index (χ0n) is 13.0. The van der Waals surface area contributed by atoms with Gasteiger partial charge in [0.2, 0.25) is 0 Å². The number of phenols is 2. The van der Waals surface area contributed by atoms with Crippen LogP contribution in [0.5, 0.6) is 11.5 Å². The van der Waals surface area contributed by atoms with Gasteiger partial charge in [-0.3, -0.25) is 0 Å². The average Bonchev–Trinajstić information content (AvgIpc) is 2.31. The highest BCUT2D eigenvalue weighted by Gasteiger charge is 2.39. The van der Waals surface area contributed by atoms with E-state index in [0.29, 0.717) is 6.42 Å². The quantitative estimate of drug-likeness (QED) is 0.777. The van der Waals surface area contributed by atoms with Crippen molar-refractivity contribution in [3.63, 3.8) is 0 Å². The van der Waals surface area contributed by atoms with Crippen molar-refractivity contribution < 1.29 is 15.4 Å². The zero-order chi connectivity index (χ0) is 15.8. The summed E-state index contributed by atoms with van der Waals surface area (Å²) < 4.78 is 0. The number of aromatic hydroxyl groups is 2. The van der Waals surface area contributed by atoms with Crippen molar-refractivity contribution in [1.82, 2.24) is 5.06 Å². The molecular formula is C17H23NO3. The topological polar surface area (TPSA) is 63.9 Å². The molecule has 1 aliphatic heterocycles. The van der Waals surface area contributed by atoms with Gasteiger partial charge in [-0.05, 0) is 57.4 Å². The van der Waals surface area contributed by atoms with Crippen molar-refractivity contribution in [1.29, 1.82) is 0 Å². The Morgan fingerprint density at radius 1 is 1.00 bits per heavy atom. The predicted molar refractivity (Wildman–Crippen MR) is 83.3 cm³/mol. The first-order valence-electron chi connectivity index (χ1n) is 7.02. The summed E-state index contributed by atoms with van der Waals surface area (Å²) in [6.45, 7) is 7.91. The highest BCUT2D eigenvalue weighted by molar-refractivity contribution is 5.57. The molecule has 3 N–H and O–H groups in total. The van der Waals surface area contributed by atoms with Crippen molar-refractivity contribution >= 4 is 6.08 Å². The predicted octanol–water partition coefficient (Wildman–Crippen LogP) is 3.69. The molecule has 21 heavy (non-hydrogen) atoms. The molecule has 2 rings (SSSR count). The fourth-order valence-corrected chi connectivity index (χ4v) is 2.94. The number of phenolic OH excluding ortho intramolecular Hbond substituents is 2. The molecule has 4 heteroatoms.